The molecule has 2 atom stereocenters. The number of imide groups is 1. The highest BCUT2D eigenvalue weighted by atomic mass is 16.6. The largest absolute Gasteiger partial charge is 0.394 e. The summed E-state index contributed by atoms with van der Waals surface area (Å²) in [6.45, 7) is 2.66. The van der Waals surface area contributed by atoms with Gasteiger partial charge >= 0.3 is 0 Å². The Kier molecular flexibility index (Phi) is 8.06. The average molecular weight is 307 g/mol. The van der Waals surface area contributed by atoms with E-state index in [1.807, 2.05) is 23.5 Å². The molecule has 2 aliphatic heterocycles. The van der Waals surface area contributed by atoms with Gasteiger partial charge in [0.2, 0.25) is 0 Å². The van der Waals surface area contributed by atoms with Gasteiger partial charge < -0.3 is 14.6 Å². The van der Waals surface area contributed by atoms with Crippen LogP contribution in [-0.2, 0) is 19.1 Å². The second-order valence-corrected chi connectivity index (χ2v) is 4.58. The zero-order valence-corrected chi connectivity index (χ0v) is 12.7. The van der Waals surface area contributed by atoms with E-state index in [4.69, 9.17) is 9.84 Å². The molecule has 2 amide bonds. The minimum Gasteiger partial charge on any atom is -0.394 e. The summed E-state index contributed by atoms with van der Waals surface area (Å²) in [6, 6.07) is 10.3. The molecule has 0 aliphatic carbocycles. The Morgan fingerprint density at radius 3 is 2.00 bits per heavy atom. The number of hydrogen-bond acceptors (Lipinski definition) is 5. The smallest absolute Gasteiger partial charge is 0.250 e. The molecule has 1 saturated heterocycles. The van der Waals surface area contributed by atoms with Gasteiger partial charge in [0.15, 0.2) is 0 Å². The third-order valence-electron chi connectivity index (χ3n) is 2.77. The molecule has 2 unspecified atom stereocenters. The summed E-state index contributed by atoms with van der Waals surface area (Å²) in [5.41, 5.74) is 1.30. The Labute approximate surface area is 129 Å². The van der Waals surface area contributed by atoms with E-state index in [-0.39, 0.29) is 18.4 Å². The second-order valence-electron chi connectivity index (χ2n) is 4.58. The first-order valence-electron chi connectivity index (χ1n) is 6.91. The number of hydrogen-bond donors (Lipinski definition) is 2. The second kappa shape index (κ2) is 9.83. The summed E-state index contributed by atoms with van der Waals surface area (Å²) in [4.78, 5) is 20.1. The van der Waals surface area contributed by atoms with Gasteiger partial charge in [-0.25, -0.2) is 0 Å². The first-order chi connectivity index (χ1) is 10.6. The van der Waals surface area contributed by atoms with Crippen molar-refractivity contribution in [1.82, 2.24) is 5.32 Å². The zero-order chi connectivity index (χ0) is 16.4. The normalized spacial score (nSPS) is 21.2. The van der Waals surface area contributed by atoms with Gasteiger partial charge in [0.25, 0.3) is 11.8 Å². The molecule has 2 aliphatic rings. The number of aliphatic hydroxyl groups is 1. The first kappa shape index (κ1) is 18.0. The van der Waals surface area contributed by atoms with Crippen LogP contribution in [0.5, 0.6) is 0 Å². The molecule has 3 rings (SSSR count). The van der Waals surface area contributed by atoms with E-state index < -0.39 is 0 Å². The minimum atomic E-state index is -0.329. The average Bonchev–Trinajstić information content (AvgIpc) is 3.13. The third kappa shape index (κ3) is 7.12. The van der Waals surface area contributed by atoms with E-state index in [2.05, 4.69) is 23.8 Å². The number of nitrogens with one attached hydrogen (secondary N) is 1. The molecule has 1 aromatic rings. The van der Waals surface area contributed by atoms with Crippen LogP contribution >= 0.6 is 0 Å². The highest BCUT2D eigenvalue weighted by Gasteiger charge is 2.35. The van der Waals surface area contributed by atoms with Gasteiger partial charge in [0.1, 0.15) is 6.10 Å². The number of rotatable bonds is 3. The number of ether oxygens (including phenoxy) is 2. The Morgan fingerprint density at radius 2 is 1.73 bits per heavy atom. The molecule has 120 valence electrons. The van der Waals surface area contributed by atoms with Gasteiger partial charge in [-0.2, -0.15) is 0 Å². The van der Waals surface area contributed by atoms with Crippen molar-refractivity contribution in [2.75, 3.05) is 20.3 Å². The van der Waals surface area contributed by atoms with Crippen LogP contribution in [0.4, 0.5) is 0 Å². The van der Waals surface area contributed by atoms with Gasteiger partial charge in [-0.1, -0.05) is 30.3 Å². The summed E-state index contributed by atoms with van der Waals surface area (Å²) in [5.74, 6) is -0.657. The van der Waals surface area contributed by atoms with Crippen LogP contribution in [-0.4, -0.2) is 43.3 Å². The van der Waals surface area contributed by atoms with Gasteiger partial charge in [0.05, 0.1) is 19.3 Å². The molecule has 1 aromatic carbocycles. The van der Waals surface area contributed by atoms with E-state index >= 15 is 0 Å². The SMILES string of the molecule is CC1OC1c1ccccc1.COCCO.O=C1C=CC(=O)N1. The van der Waals surface area contributed by atoms with Crippen molar-refractivity contribution in [2.45, 2.75) is 19.1 Å². The number of epoxide rings is 1. The lowest BCUT2D eigenvalue weighted by atomic mass is 10.1. The Hall–Kier alpha value is -2.02. The fourth-order valence-corrected chi connectivity index (χ4v) is 1.63. The predicted octanol–water partition coefficient (Wildman–Crippen LogP) is 0.970. The topological polar surface area (TPSA) is 88.2 Å². The van der Waals surface area contributed by atoms with E-state index in [1.54, 1.807) is 7.11 Å². The fourth-order valence-electron chi connectivity index (χ4n) is 1.63. The van der Waals surface area contributed by atoms with Crippen LogP contribution in [0.1, 0.15) is 18.6 Å². The third-order valence-corrected chi connectivity index (χ3v) is 2.77. The maximum atomic E-state index is 10.0. The molecular formula is C16H21NO5. The van der Waals surface area contributed by atoms with Crippen molar-refractivity contribution in [3.63, 3.8) is 0 Å². The van der Waals surface area contributed by atoms with Gasteiger partial charge in [0, 0.05) is 19.3 Å². The summed E-state index contributed by atoms with van der Waals surface area (Å²) < 4.78 is 9.74. The summed E-state index contributed by atoms with van der Waals surface area (Å²) >= 11 is 0. The number of benzene rings is 1. The molecule has 22 heavy (non-hydrogen) atoms. The molecule has 0 bridgehead atoms. The van der Waals surface area contributed by atoms with Crippen LogP contribution < -0.4 is 5.32 Å². The lowest BCUT2D eigenvalue weighted by molar-refractivity contribution is -0.123. The van der Waals surface area contributed by atoms with Crippen molar-refractivity contribution >= 4 is 11.8 Å². The van der Waals surface area contributed by atoms with Crippen molar-refractivity contribution in [2.24, 2.45) is 0 Å². The van der Waals surface area contributed by atoms with Crippen molar-refractivity contribution < 1.29 is 24.2 Å². The predicted molar refractivity (Wildman–Crippen MR) is 81.0 cm³/mol. The van der Waals surface area contributed by atoms with Crippen molar-refractivity contribution in [3.05, 3.63) is 48.0 Å². The Balaban J connectivity index is 0.000000178. The molecule has 2 heterocycles. The molecule has 0 saturated carbocycles. The van der Waals surface area contributed by atoms with Crippen LogP contribution in [0.15, 0.2) is 42.5 Å². The lowest BCUT2D eigenvalue weighted by Gasteiger charge is -1.90. The maximum Gasteiger partial charge on any atom is 0.250 e. The fraction of sp³-hybridized carbons (Fsp3) is 0.375. The van der Waals surface area contributed by atoms with Crippen LogP contribution in [0.25, 0.3) is 0 Å². The maximum absolute atomic E-state index is 10.0. The Morgan fingerprint density at radius 1 is 1.18 bits per heavy atom. The summed E-state index contributed by atoms with van der Waals surface area (Å²) in [6.07, 6.45) is 3.20. The molecule has 6 nitrogen and oxygen atoms in total. The van der Waals surface area contributed by atoms with E-state index in [0.29, 0.717) is 18.8 Å². The van der Waals surface area contributed by atoms with Gasteiger partial charge in [-0.05, 0) is 12.5 Å². The number of amides is 2. The Bertz CT molecular complexity index is 483. The molecule has 0 aromatic heterocycles. The van der Waals surface area contributed by atoms with Crippen molar-refractivity contribution in [1.29, 1.82) is 0 Å². The molecule has 0 spiro atoms. The standard InChI is InChI=1S/C9H10O.C4H3NO2.C3H8O2/c1-7-9(10-7)8-5-3-2-4-6-8;6-3-1-2-4(7)5-3;1-5-3-2-4/h2-7,9H,1H3;1-2H,(H,5,6,7);4H,2-3H2,1H3. The molecule has 2 N–H and O–H groups in total. The molecule has 1 fully saturated rings. The highest BCUT2D eigenvalue weighted by Crippen LogP contribution is 2.37. The number of carbonyl (C=O) groups excluding carboxylic acids is 2. The summed E-state index contributed by atoms with van der Waals surface area (Å²) in [5, 5.41) is 9.97. The quantitative estimate of drug-likeness (QED) is 0.642. The van der Waals surface area contributed by atoms with Crippen LogP contribution in [0, 0.1) is 0 Å². The zero-order valence-electron chi connectivity index (χ0n) is 12.7. The van der Waals surface area contributed by atoms with E-state index in [9.17, 15) is 9.59 Å². The molecule has 6 heteroatoms. The molecular weight excluding hydrogens is 286 g/mol. The van der Waals surface area contributed by atoms with E-state index in [0.717, 1.165) is 0 Å². The lowest BCUT2D eigenvalue weighted by Crippen LogP contribution is -2.19. The van der Waals surface area contributed by atoms with Crippen molar-refractivity contribution in [3.8, 4) is 0 Å². The van der Waals surface area contributed by atoms with Crippen LogP contribution in [0.2, 0.25) is 0 Å². The minimum absolute atomic E-state index is 0.122. The van der Waals surface area contributed by atoms with E-state index in [1.165, 1.54) is 17.7 Å². The van der Waals surface area contributed by atoms with Gasteiger partial charge in [-0.15, -0.1) is 0 Å². The van der Waals surface area contributed by atoms with Gasteiger partial charge in [-0.3, -0.25) is 14.9 Å². The molecule has 0 radical (unpaired) electrons. The first-order valence-corrected chi connectivity index (χ1v) is 6.91. The van der Waals surface area contributed by atoms with Crippen LogP contribution in [0.3, 0.4) is 0 Å². The summed E-state index contributed by atoms with van der Waals surface area (Å²) in [7, 11) is 1.55. The highest BCUT2D eigenvalue weighted by molar-refractivity contribution is 6.12. The monoisotopic (exact) mass is 307 g/mol. The number of carbonyl (C=O) groups is 2. The number of aliphatic hydroxyl groups excluding tert-OH is 1. The number of methoxy groups -OCH3 is 1.